The zero-order valence-corrected chi connectivity index (χ0v) is 12.9. The summed E-state index contributed by atoms with van der Waals surface area (Å²) in [5, 5.41) is 8.98. The predicted octanol–water partition coefficient (Wildman–Crippen LogP) is -0.0956. The van der Waals surface area contributed by atoms with E-state index in [1.807, 2.05) is 0 Å². The monoisotopic (exact) mass is 302 g/mol. The van der Waals surface area contributed by atoms with E-state index >= 15 is 0 Å². The van der Waals surface area contributed by atoms with Gasteiger partial charge in [-0.2, -0.15) is 0 Å². The standard InChI is InChI=1S/C14H26N2O5/c1-12(14(18)19)10-16(13(17)11-20-2)5-3-4-15-6-8-21-9-7-15/h12H,3-11H2,1-2H3,(H,18,19). The van der Waals surface area contributed by atoms with Crippen molar-refractivity contribution in [3.8, 4) is 0 Å². The highest BCUT2D eigenvalue weighted by Gasteiger charge is 2.20. The number of hydrogen-bond donors (Lipinski definition) is 1. The molecule has 0 saturated carbocycles. The molecule has 1 aliphatic rings. The molecule has 1 heterocycles. The molecule has 122 valence electrons. The molecular weight excluding hydrogens is 276 g/mol. The van der Waals surface area contributed by atoms with Crippen molar-refractivity contribution in [1.82, 2.24) is 9.80 Å². The first kappa shape index (κ1) is 17.9. The number of amides is 1. The molecule has 1 aliphatic heterocycles. The van der Waals surface area contributed by atoms with Gasteiger partial charge in [-0.05, 0) is 6.42 Å². The molecule has 7 nitrogen and oxygen atoms in total. The molecule has 1 fully saturated rings. The molecular formula is C14H26N2O5. The van der Waals surface area contributed by atoms with Gasteiger partial charge in [0.05, 0.1) is 19.1 Å². The van der Waals surface area contributed by atoms with Crippen LogP contribution in [0, 0.1) is 5.92 Å². The number of nitrogens with zero attached hydrogens (tertiary/aromatic N) is 2. The molecule has 0 spiro atoms. The predicted molar refractivity (Wildman–Crippen MR) is 77.1 cm³/mol. The molecule has 1 N–H and O–H groups in total. The third-order valence-corrected chi connectivity index (χ3v) is 3.54. The van der Waals surface area contributed by atoms with Crippen LogP contribution in [0.15, 0.2) is 0 Å². The fraction of sp³-hybridized carbons (Fsp3) is 0.857. The van der Waals surface area contributed by atoms with Crippen molar-refractivity contribution in [3.05, 3.63) is 0 Å². The number of carbonyl (C=O) groups excluding carboxylic acids is 1. The molecule has 0 aliphatic carbocycles. The second-order valence-corrected chi connectivity index (χ2v) is 5.32. The van der Waals surface area contributed by atoms with Gasteiger partial charge in [0.15, 0.2) is 0 Å². The van der Waals surface area contributed by atoms with E-state index in [9.17, 15) is 9.59 Å². The number of rotatable bonds is 9. The van der Waals surface area contributed by atoms with Crippen LogP contribution in [0.3, 0.4) is 0 Å². The molecule has 1 saturated heterocycles. The van der Waals surface area contributed by atoms with E-state index in [0.29, 0.717) is 6.54 Å². The number of carbonyl (C=O) groups is 2. The Hall–Kier alpha value is -1.18. The molecule has 0 aromatic heterocycles. The maximum absolute atomic E-state index is 12.0. The van der Waals surface area contributed by atoms with Gasteiger partial charge >= 0.3 is 5.97 Å². The Morgan fingerprint density at radius 1 is 1.38 bits per heavy atom. The van der Waals surface area contributed by atoms with Gasteiger partial charge in [0.2, 0.25) is 5.91 Å². The minimum atomic E-state index is -0.890. The first-order valence-corrected chi connectivity index (χ1v) is 7.34. The number of hydrogen-bond acceptors (Lipinski definition) is 5. The number of carboxylic acids is 1. The van der Waals surface area contributed by atoms with Crippen molar-refractivity contribution < 1.29 is 24.2 Å². The molecule has 0 radical (unpaired) electrons. The third-order valence-electron chi connectivity index (χ3n) is 3.54. The van der Waals surface area contributed by atoms with E-state index in [4.69, 9.17) is 14.6 Å². The van der Waals surface area contributed by atoms with E-state index < -0.39 is 11.9 Å². The highest BCUT2D eigenvalue weighted by atomic mass is 16.5. The summed E-state index contributed by atoms with van der Waals surface area (Å²) in [6, 6.07) is 0. The lowest BCUT2D eigenvalue weighted by atomic mass is 10.1. The molecule has 1 atom stereocenters. The molecule has 0 bridgehead atoms. The highest BCUT2D eigenvalue weighted by Crippen LogP contribution is 2.05. The average molecular weight is 302 g/mol. The Morgan fingerprint density at radius 3 is 2.62 bits per heavy atom. The van der Waals surface area contributed by atoms with Crippen LogP contribution in [0.2, 0.25) is 0 Å². The second kappa shape index (κ2) is 9.70. The lowest BCUT2D eigenvalue weighted by Crippen LogP contribution is -2.42. The van der Waals surface area contributed by atoms with Crippen LogP contribution in [0.4, 0.5) is 0 Å². The van der Waals surface area contributed by atoms with Crippen molar-refractivity contribution in [3.63, 3.8) is 0 Å². The largest absolute Gasteiger partial charge is 0.481 e. The van der Waals surface area contributed by atoms with Gasteiger partial charge in [-0.15, -0.1) is 0 Å². The van der Waals surface area contributed by atoms with Crippen LogP contribution in [0.5, 0.6) is 0 Å². The lowest BCUT2D eigenvalue weighted by Gasteiger charge is -2.29. The Kier molecular flexibility index (Phi) is 8.26. The Labute approximate surface area is 125 Å². The van der Waals surface area contributed by atoms with Crippen LogP contribution in [-0.2, 0) is 19.1 Å². The fourth-order valence-corrected chi connectivity index (χ4v) is 2.25. The van der Waals surface area contributed by atoms with Crippen LogP contribution in [0.1, 0.15) is 13.3 Å². The zero-order chi connectivity index (χ0) is 15.7. The van der Waals surface area contributed by atoms with Crippen molar-refractivity contribution in [2.75, 3.05) is 59.7 Å². The van der Waals surface area contributed by atoms with Gasteiger partial charge < -0.3 is 19.5 Å². The minimum absolute atomic E-state index is 0.0100. The summed E-state index contributed by atoms with van der Waals surface area (Å²) >= 11 is 0. The maximum atomic E-state index is 12.0. The van der Waals surface area contributed by atoms with Crippen LogP contribution < -0.4 is 0 Å². The number of morpholine rings is 1. The third kappa shape index (κ3) is 6.88. The first-order valence-electron chi connectivity index (χ1n) is 7.34. The molecule has 0 aromatic rings. The summed E-state index contributed by atoms with van der Waals surface area (Å²) < 4.78 is 10.1. The summed E-state index contributed by atoms with van der Waals surface area (Å²) in [5.41, 5.74) is 0. The molecule has 1 unspecified atom stereocenters. The molecule has 1 amide bonds. The SMILES string of the molecule is COCC(=O)N(CCCN1CCOCC1)CC(C)C(=O)O. The summed E-state index contributed by atoms with van der Waals surface area (Å²) in [6.45, 7) is 6.60. The smallest absolute Gasteiger partial charge is 0.308 e. The number of aliphatic carboxylic acids is 1. The average Bonchev–Trinajstić information content (AvgIpc) is 2.47. The summed E-state index contributed by atoms with van der Waals surface area (Å²) in [6.07, 6.45) is 0.821. The topological polar surface area (TPSA) is 79.3 Å². The molecule has 1 rings (SSSR count). The van der Waals surface area contributed by atoms with Gasteiger partial charge in [-0.1, -0.05) is 6.92 Å². The van der Waals surface area contributed by atoms with Crippen molar-refractivity contribution in [2.45, 2.75) is 13.3 Å². The fourth-order valence-electron chi connectivity index (χ4n) is 2.25. The first-order chi connectivity index (χ1) is 10.0. The van der Waals surface area contributed by atoms with Gasteiger partial charge in [0.25, 0.3) is 0 Å². The van der Waals surface area contributed by atoms with Crippen LogP contribution >= 0.6 is 0 Å². The van der Waals surface area contributed by atoms with Crippen molar-refractivity contribution >= 4 is 11.9 Å². The zero-order valence-electron chi connectivity index (χ0n) is 12.9. The lowest BCUT2D eigenvalue weighted by molar-refractivity contribution is -0.144. The number of methoxy groups -OCH3 is 1. The minimum Gasteiger partial charge on any atom is -0.481 e. The van der Waals surface area contributed by atoms with Crippen molar-refractivity contribution in [1.29, 1.82) is 0 Å². The maximum Gasteiger partial charge on any atom is 0.308 e. The summed E-state index contributed by atoms with van der Waals surface area (Å²) in [5.74, 6) is -1.62. The molecule has 7 heteroatoms. The van der Waals surface area contributed by atoms with Gasteiger partial charge in [-0.25, -0.2) is 0 Å². The van der Waals surface area contributed by atoms with Crippen molar-refractivity contribution in [2.24, 2.45) is 5.92 Å². The second-order valence-electron chi connectivity index (χ2n) is 5.32. The Bertz CT molecular complexity index is 331. The quantitative estimate of drug-likeness (QED) is 0.641. The van der Waals surface area contributed by atoms with Crippen LogP contribution in [-0.4, -0.2) is 86.4 Å². The Morgan fingerprint density at radius 2 is 2.05 bits per heavy atom. The van der Waals surface area contributed by atoms with E-state index in [-0.39, 0.29) is 19.1 Å². The molecule has 21 heavy (non-hydrogen) atoms. The van der Waals surface area contributed by atoms with Gasteiger partial charge in [-0.3, -0.25) is 14.5 Å². The number of carboxylic acid groups (broad SMARTS) is 1. The van der Waals surface area contributed by atoms with E-state index in [2.05, 4.69) is 4.90 Å². The van der Waals surface area contributed by atoms with E-state index in [1.54, 1.807) is 11.8 Å². The van der Waals surface area contributed by atoms with Crippen LogP contribution in [0.25, 0.3) is 0 Å². The highest BCUT2D eigenvalue weighted by molar-refractivity contribution is 5.78. The normalized spacial score (nSPS) is 17.4. The Balaban J connectivity index is 2.39. The van der Waals surface area contributed by atoms with Gasteiger partial charge in [0, 0.05) is 39.8 Å². The summed E-state index contributed by atoms with van der Waals surface area (Å²) in [7, 11) is 1.46. The van der Waals surface area contributed by atoms with E-state index in [1.165, 1.54) is 7.11 Å². The summed E-state index contributed by atoms with van der Waals surface area (Å²) in [4.78, 5) is 26.8. The molecule has 0 aromatic carbocycles. The van der Waals surface area contributed by atoms with E-state index in [0.717, 1.165) is 39.3 Å². The van der Waals surface area contributed by atoms with Gasteiger partial charge in [0.1, 0.15) is 6.61 Å². The number of ether oxygens (including phenoxy) is 2.